The summed E-state index contributed by atoms with van der Waals surface area (Å²) in [5.41, 5.74) is 0.221. The number of rotatable bonds is 43. The molecule has 2 rings (SSSR count). The summed E-state index contributed by atoms with van der Waals surface area (Å²) in [4.78, 5) is 27.3. The number of carbonyl (C=O) groups excluding carboxylic acids is 2. The van der Waals surface area contributed by atoms with E-state index in [1.165, 1.54) is 141 Å². The van der Waals surface area contributed by atoms with Gasteiger partial charge in [-0.05, 0) is 31.6 Å². The van der Waals surface area contributed by atoms with Gasteiger partial charge in [0.25, 0.3) is 0 Å². The van der Waals surface area contributed by atoms with Crippen LogP contribution in [0.5, 0.6) is 0 Å². The van der Waals surface area contributed by atoms with E-state index in [1.54, 1.807) is 13.0 Å². The Kier molecular flexibility index (Phi) is 40.6. The summed E-state index contributed by atoms with van der Waals surface area (Å²) in [5.74, 6) is -1.22. The van der Waals surface area contributed by atoms with Crippen molar-refractivity contribution in [3.63, 3.8) is 0 Å². The number of allylic oxidation sites excluding steroid dienone is 1. The van der Waals surface area contributed by atoms with E-state index in [4.69, 9.17) is 23.7 Å². The molecule has 16 nitrogen and oxygen atoms in total. The molecule has 0 aromatic heterocycles. The van der Waals surface area contributed by atoms with Gasteiger partial charge in [-0.15, -0.1) is 0 Å². The third-order valence-corrected chi connectivity index (χ3v) is 14.8. The Balaban J connectivity index is 0.0000266. The van der Waals surface area contributed by atoms with Crippen molar-refractivity contribution in [3.05, 3.63) is 11.6 Å². The maximum Gasteiger partial charge on any atom is 1.00 e. The fourth-order valence-electron chi connectivity index (χ4n) is 10.0. The molecular formula is C55H101NaO16S. The zero-order valence-corrected chi connectivity index (χ0v) is 49.0. The van der Waals surface area contributed by atoms with Crippen LogP contribution in [0.4, 0.5) is 0 Å². The van der Waals surface area contributed by atoms with Crippen LogP contribution in [0.2, 0.25) is 0 Å². The van der Waals surface area contributed by atoms with Crippen molar-refractivity contribution in [1.29, 1.82) is 0 Å². The standard InChI is InChI=1S/C55H102O16S.Na/c1-6-8-10-12-14-16-18-20-21-22-24-25-27-29-31-33-35-41(3)37-42(4)38-43(5)53(62)69-50-48(60)45(40-57)67-55(70-54-51(71-72(63,64)65)49(61)47(59)44(39-56)66-54)52(50)68-46(58)36-34-32-30-28-26-23-19-17-15-13-11-9-7-2;/h38,41-42,44-45,47-52,54-57,59-61H,6-37,39-40H2,1-5H3,(H,63,64,65);/q;+1/p-1/b43-38+;/t41-,42-,44+,45+,47+,48+,49-,50-,51+,52+,54+,55+;/m0./s1. The van der Waals surface area contributed by atoms with Gasteiger partial charge < -0.3 is 53.8 Å². The minimum atomic E-state index is -5.56. The first-order valence-electron chi connectivity index (χ1n) is 28.5. The van der Waals surface area contributed by atoms with Crippen molar-refractivity contribution in [1.82, 2.24) is 0 Å². The smallest absolute Gasteiger partial charge is 0.726 e. The molecule has 0 saturated carbocycles. The number of carbonyl (C=O) groups is 2. The molecule has 2 fully saturated rings. The molecule has 0 aliphatic carbocycles. The molecule has 424 valence electrons. The summed E-state index contributed by atoms with van der Waals surface area (Å²) in [5, 5.41) is 52.8. The first-order chi connectivity index (χ1) is 34.6. The predicted octanol–water partition coefficient (Wildman–Crippen LogP) is 6.93. The molecule has 0 aromatic rings. The largest absolute Gasteiger partial charge is 1.00 e. The van der Waals surface area contributed by atoms with Gasteiger partial charge in [-0.2, -0.15) is 0 Å². The van der Waals surface area contributed by atoms with Crippen molar-refractivity contribution < 1.29 is 106 Å². The maximum atomic E-state index is 13.8. The van der Waals surface area contributed by atoms with Crippen LogP contribution in [0.25, 0.3) is 0 Å². The molecule has 2 aliphatic rings. The van der Waals surface area contributed by atoms with Gasteiger partial charge in [0.1, 0.15) is 30.5 Å². The van der Waals surface area contributed by atoms with Crippen LogP contribution in [-0.2, 0) is 47.9 Å². The Morgan fingerprint density at radius 2 is 0.973 bits per heavy atom. The molecule has 0 radical (unpaired) electrons. The van der Waals surface area contributed by atoms with Crippen LogP contribution in [-0.4, -0.2) is 125 Å². The molecule has 0 aromatic carbocycles. The molecule has 18 heteroatoms. The van der Waals surface area contributed by atoms with Gasteiger partial charge >= 0.3 is 41.5 Å². The van der Waals surface area contributed by atoms with E-state index in [1.807, 2.05) is 6.92 Å². The molecule has 0 spiro atoms. The Bertz CT molecular complexity index is 1540. The summed E-state index contributed by atoms with van der Waals surface area (Å²) in [6.45, 7) is 8.51. The molecule has 2 saturated heterocycles. The second-order valence-electron chi connectivity index (χ2n) is 21.1. The molecule has 2 aliphatic heterocycles. The van der Waals surface area contributed by atoms with Gasteiger partial charge in [-0.1, -0.05) is 220 Å². The molecule has 5 N–H and O–H groups in total. The fourth-order valence-corrected chi connectivity index (χ4v) is 10.5. The Morgan fingerprint density at radius 1 is 0.575 bits per heavy atom. The van der Waals surface area contributed by atoms with E-state index in [9.17, 15) is 48.1 Å². The SMILES string of the molecule is CCCCCCCCCCCCCCCCCC[C@H](C)C[C@H](C)/C=C(\C)C(=O)O[C@H]1[C@H](O)[C@@H](CO)O[C@H](O[C@H]2O[C@H](CO)[C@@H](O)[C@H](O)[C@H]2OS(=O)(=O)[O-])[C@@H]1OC(=O)CCCCCCCCCCCCCCC.[Na+]. The normalized spacial score (nSPS) is 25.5. The summed E-state index contributed by atoms with van der Waals surface area (Å²) in [7, 11) is -5.56. The first kappa shape index (κ1) is 70.2. The second kappa shape index (κ2) is 42.2. The summed E-state index contributed by atoms with van der Waals surface area (Å²) < 4.78 is 68.5. The van der Waals surface area contributed by atoms with Gasteiger partial charge in [-0.25, -0.2) is 13.2 Å². The van der Waals surface area contributed by atoms with Gasteiger partial charge in [0.15, 0.2) is 24.6 Å². The summed E-state index contributed by atoms with van der Waals surface area (Å²) in [6.07, 6.45) is 20.3. The summed E-state index contributed by atoms with van der Waals surface area (Å²) in [6, 6.07) is 0. The number of esters is 2. The molecule has 2 heterocycles. The molecular weight excluding hydrogens is 972 g/mol. The number of unbranched alkanes of at least 4 members (excludes halogenated alkanes) is 27. The Morgan fingerprint density at radius 3 is 1.40 bits per heavy atom. The number of ether oxygens (including phenoxy) is 5. The van der Waals surface area contributed by atoms with Crippen LogP contribution in [0.1, 0.15) is 240 Å². The number of hydrogen-bond donors (Lipinski definition) is 5. The van der Waals surface area contributed by atoms with E-state index in [-0.39, 0.29) is 47.5 Å². The van der Waals surface area contributed by atoms with Crippen LogP contribution in [0.3, 0.4) is 0 Å². The van der Waals surface area contributed by atoms with Crippen LogP contribution in [0, 0.1) is 11.8 Å². The molecule has 12 atom stereocenters. The van der Waals surface area contributed by atoms with E-state index >= 15 is 0 Å². The van der Waals surface area contributed by atoms with Crippen molar-refractivity contribution >= 4 is 22.3 Å². The fraction of sp³-hybridized carbons (Fsp3) is 0.927. The van der Waals surface area contributed by atoms with Crippen molar-refractivity contribution in [2.75, 3.05) is 13.2 Å². The zero-order valence-electron chi connectivity index (χ0n) is 46.2. The minimum Gasteiger partial charge on any atom is -0.726 e. The molecule has 0 bridgehead atoms. The van der Waals surface area contributed by atoms with Gasteiger partial charge in [0, 0.05) is 12.0 Å². The van der Waals surface area contributed by atoms with Gasteiger partial charge in [0.05, 0.1) is 13.2 Å². The average Bonchev–Trinajstić information content (AvgIpc) is 3.33. The number of aliphatic hydroxyl groups excluding tert-OH is 5. The van der Waals surface area contributed by atoms with Crippen molar-refractivity contribution in [2.24, 2.45) is 11.8 Å². The predicted molar refractivity (Wildman–Crippen MR) is 276 cm³/mol. The Hall–Kier alpha value is -0.770. The quantitative estimate of drug-likeness (QED) is 0.0104. The van der Waals surface area contributed by atoms with Gasteiger partial charge in [0.2, 0.25) is 16.7 Å². The van der Waals surface area contributed by atoms with Crippen LogP contribution >= 0.6 is 0 Å². The monoisotopic (exact) mass is 1070 g/mol. The Labute approximate surface area is 463 Å². The zero-order chi connectivity index (χ0) is 53.2. The summed E-state index contributed by atoms with van der Waals surface area (Å²) >= 11 is 0. The van der Waals surface area contributed by atoms with E-state index < -0.39 is 97.0 Å². The topological polar surface area (TPSA) is 248 Å². The van der Waals surface area contributed by atoms with Gasteiger partial charge in [-0.3, -0.25) is 8.98 Å². The second-order valence-corrected chi connectivity index (χ2v) is 22.1. The molecule has 73 heavy (non-hydrogen) atoms. The maximum absolute atomic E-state index is 13.8. The van der Waals surface area contributed by atoms with E-state index in [0.29, 0.717) is 12.3 Å². The van der Waals surface area contributed by atoms with Crippen molar-refractivity contribution in [3.8, 4) is 0 Å². The number of aliphatic hydroxyl groups is 5. The number of hydrogen-bond acceptors (Lipinski definition) is 16. The third-order valence-electron chi connectivity index (χ3n) is 14.3. The van der Waals surface area contributed by atoms with E-state index in [0.717, 1.165) is 51.4 Å². The van der Waals surface area contributed by atoms with Crippen molar-refractivity contribution in [2.45, 2.75) is 301 Å². The average molecular weight is 1070 g/mol. The first-order valence-corrected chi connectivity index (χ1v) is 29.8. The minimum absolute atomic E-state index is 0. The van der Waals surface area contributed by atoms with Crippen LogP contribution < -0.4 is 29.6 Å². The van der Waals surface area contributed by atoms with E-state index in [2.05, 4.69) is 25.0 Å². The molecule has 0 unspecified atom stereocenters. The molecule has 0 amide bonds. The third kappa shape index (κ3) is 30.8. The van der Waals surface area contributed by atoms with Crippen LogP contribution in [0.15, 0.2) is 11.6 Å².